The van der Waals surface area contributed by atoms with Crippen LogP contribution in [-0.2, 0) is 0 Å². The van der Waals surface area contributed by atoms with Crippen LogP contribution < -0.4 is 10.6 Å². The van der Waals surface area contributed by atoms with Crippen LogP contribution in [0.4, 0.5) is 5.69 Å². The van der Waals surface area contributed by atoms with Gasteiger partial charge in [-0.1, -0.05) is 6.07 Å². The predicted octanol–water partition coefficient (Wildman–Crippen LogP) is 2.92. The lowest BCUT2D eigenvalue weighted by Crippen LogP contribution is -2.38. The van der Waals surface area contributed by atoms with Crippen LogP contribution in [-0.4, -0.2) is 19.1 Å². The maximum absolute atomic E-state index is 3.58. The standard InChI is InChI=1S/C12H17BrN2/c1-9-4-5-11(13)12(7-9)15-10-3-2-6-14-8-10/h4-5,7,10,14-15H,2-3,6,8H2,1H3. The van der Waals surface area contributed by atoms with E-state index in [0.29, 0.717) is 6.04 Å². The van der Waals surface area contributed by atoms with E-state index in [1.807, 2.05) is 0 Å². The maximum Gasteiger partial charge on any atom is 0.0489 e. The fraction of sp³-hybridized carbons (Fsp3) is 0.500. The molecular formula is C12H17BrN2. The number of anilines is 1. The molecule has 15 heavy (non-hydrogen) atoms. The van der Waals surface area contributed by atoms with Gasteiger partial charge in [0.2, 0.25) is 0 Å². The summed E-state index contributed by atoms with van der Waals surface area (Å²) < 4.78 is 1.15. The summed E-state index contributed by atoms with van der Waals surface area (Å²) in [5.74, 6) is 0. The zero-order valence-corrected chi connectivity index (χ0v) is 10.6. The molecule has 0 amide bonds. The van der Waals surface area contributed by atoms with Crippen molar-refractivity contribution in [3.63, 3.8) is 0 Å². The lowest BCUT2D eigenvalue weighted by molar-refractivity contribution is 0.480. The third kappa shape index (κ3) is 2.95. The van der Waals surface area contributed by atoms with E-state index in [9.17, 15) is 0 Å². The Morgan fingerprint density at radius 3 is 3.07 bits per heavy atom. The molecule has 1 aliphatic rings. The van der Waals surface area contributed by atoms with Gasteiger partial charge in [0.05, 0.1) is 0 Å². The van der Waals surface area contributed by atoms with Crippen LogP contribution in [0.1, 0.15) is 18.4 Å². The van der Waals surface area contributed by atoms with Gasteiger partial charge in [-0.15, -0.1) is 0 Å². The molecule has 1 saturated heterocycles. The molecule has 0 saturated carbocycles. The van der Waals surface area contributed by atoms with Crippen molar-refractivity contribution in [3.05, 3.63) is 28.2 Å². The highest BCUT2D eigenvalue weighted by atomic mass is 79.9. The average molecular weight is 269 g/mol. The Hall–Kier alpha value is -0.540. The summed E-state index contributed by atoms with van der Waals surface area (Å²) in [6.45, 7) is 4.35. The Bertz CT molecular complexity index is 332. The second kappa shape index (κ2) is 4.99. The fourth-order valence-electron chi connectivity index (χ4n) is 1.94. The molecule has 3 heteroatoms. The normalized spacial score (nSPS) is 21.3. The van der Waals surface area contributed by atoms with Crippen LogP contribution in [0.25, 0.3) is 0 Å². The topological polar surface area (TPSA) is 24.1 Å². The van der Waals surface area contributed by atoms with Crippen LogP contribution in [0.15, 0.2) is 22.7 Å². The number of nitrogens with one attached hydrogen (secondary N) is 2. The molecule has 1 aliphatic heterocycles. The molecule has 0 aromatic heterocycles. The number of piperidine rings is 1. The molecule has 1 heterocycles. The van der Waals surface area contributed by atoms with Crippen molar-refractivity contribution in [2.75, 3.05) is 18.4 Å². The second-order valence-electron chi connectivity index (χ2n) is 4.17. The summed E-state index contributed by atoms with van der Waals surface area (Å²) in [6, 6.07) is 6.98. The van der Waals surface area contributed by atoms with Crippen LogP contribution in [0, 0.1) is 6.92 Å². The molecule has 0 bridgehead atoms. The number of hydrogen-bond donors (Lipinski definition) is 2. The molecule has 2 nitrogen and oxygen atoms in total. The molecule has 82 valence electrons. The number of rotatable bonds is 2. The van der Waals surface area contributed by atoms with Gasteiger partial charge in [-0.2, -0.15) is 0 Å². The largest absolute Gasteiger partial charge is 0.380 e. The molecule has 2 N–H and O–H groups in total. The smallest absolute Gasteiger partial charge is 0.0489 e. The van der Waals surface area contributed by atoms with Crippen LogP contribution in [0.5, 0.6) is 0 Å². The molecule has 1 unspecified atom stereocenters. The predicted molar refractivity (Wildman–Crippen MR) is 68.4 cm³/mol. The third-order valence-corrected chi connectivity index (χ3v) is 3.47. The lowest BCUT2D eigenvalue weighted by Gasteiger charge is -2.25. The molecule has 1 aromatic carbocycles. The van der Waals surface area contributed by atoms with Gasteiger partial charge < -0.3 is 10.6 Å². The van der Waals surface area contributed by atoms with Gasteiger partial charge in [0.1, 0.15) is 0 Å². The van der Waals surface area contributed by atoms with Crippen molar-refractivity contribution in [2.24, 2.45) is 0 Å². The van der Waals surface area contributed by atoms with E-state index in [2.05, 4.69) is 51.7 Å². The van der Waals surface area contributed by atoms with Gasteiger partial charge in [-0.25, -0.2) is 0 Å². The molecule has 0 spiro atoms. The first-order valence-electron chi connectivity index (χ1n) is 5.49. The Kier molecular flexibility index (Phi) is 3.65. The summed E-state index contributed by atoms with van der Waals surface area (Å²) in [6.07, 6.45) is 2.52. The minimum absolute atomic E-state index is 0.567. The zero-order valence-electron chi connectivity index (χ0n) is 9.02. The van der Waals surface area contributed by atoms with Gasteiger partial charge in [-0.05, 0) is 59.9 Å². The zero-order chi connectivity index (χ0) is 10.7. The number of benzene rings is 1. The first-order chi connectivity index (χ1) is 7.25. The monoisotopic (exact) mass is 268 g/mol. The maximum atomic E-state index is 3.58. The van der Waals surface area contributed by atoms with Crippen molar-refractivity contribution in [2.45, 2.75) is 25.8 Å². The second-order valence-corrected chi connectivity index (χ2v) is 5.03. The van der Waals surface area contributed by atoms with Crippen molar-refractivity contribution in [1.29, 1.82) is 0 Å². The van der Waals surface area contributed by atoms with Crippen LogP contribution in [0.3, 0.4) is 0 Å². The first-order valence-corrected chi connectivity index (χ1v) is 6.28. The van der Waals surface area contributed by atoms with E-state index in [1.165, 1.54) is 24.1 Å². The van der Waals surface area contributed by atoms with E-state index in [1.54, 1.807) is 0 Å². The van der Waals surface area contributed by atoms with Crippen LogP contribution in [0.2, 0.25) is 0 Å². The van der Waals surface area contributed by atoms with Crippen molar-refractivity contribution in [1.82, 2.24) is 5.32 Å². The average Bonchev–Trinajstić information content (AvgIpc) is 2.25. The molecule has 1 atom stereocenters. The first kappa shape index (κ1) is 11.0. The van der Waals surface area contributed by atoms with E-state index in [0.717, 1.165) is 17.6 Å². The van der Waals surface area contributed by atoms with E-state index >= 15 is 0 Å². The quantitative estimate of drug-likeness (QED) is 0.862. The molecule has 0 radical (unpaired) electrons. The van der Waals surface area contributed by atoms with Crippen molar-refractivity contribution >= 4 is 21.6 Å². The number of aryl methyl sites for hydroxylation is 1. The Morgan fingerprint density at radius 1 is 1.47 bits per heavy atom. The number of halogens is 1. The third-order valence-electron chi connectivity index (χ3n) is 2.78. The van der Waals surface area contributed by atoms with Gasteiger partial charge >= 0.3 is 0 Å². The summed E-state index contributed by atoms with van der Waals surface area (Å²) in [5.41, 5.74) is 2.51. The molecule has 2 rings (SSSR count). The van der Waals surface area contributed by atoms with Crippen molar-refractivity contribution in [3.8, 4) is 0 Å². The Labute approximate surface area is 99.6 Å². The lowest BCUT2D eigenvalue weighted by atomic mass is 10.1. The molecular weight excluding hydrogens is 252 g/mol. The summed E-state index contributed by atoms with van der Waals surface area (Å²) in [7, 11) is 0. The van der Waals surface area contributed by atoms with Gasteiger partial charge in [0.15, 0.2) is 0 Å². The Balaban J connectivity index is 2.05. The van der Waals surface area contributed by atoms with Crippen molar-refractivity contribution < 1.29 is 0 Å². The molecule has 0 aliphatic carbocycles. The highest BCUT2D eigenvalue weighted by molar-refractivity contribution is 9.10. The summed E-state index contributed by atoms with van der Waals surface area (Å²) in [5, 5.41) is 6.99. The molecule has 1 aromatic rings. The SMILES string of the molecule is Cc1ccc(Br)c(NC2CCCNC2)c1. The van der Waals surface area contributed by atoms with Gasteiger partial charge in [0.25, 0.3) is 0 Å². The van der Waals surface area contributed by atoms with E-state index in [-0.39, 0.29) is 0 Å². The van der Waals surface area contributed by atoms with E-state index in [4.69, 9.17) is 0 Å². The Morgan fingerprint density at radius 2 is 2.33 bits per heavy atom. The van der Waals surface area contributed by atoms with Gasteiger partial charge in [0, 0.05) is 22.7 Å². The van der Waals surface area contributed by atoms with Crippen LogP contribution >= 0.6 is 15.9 Å². The van der Waals surface area contributed by atoms with Gasteiger partial charge in [-0.3, -0.25) is 0 Å². The minimum Gasteiger partial charge on any atom is -0.380 e. The fourth-order valence-corrected chi connectivity index (χ4v) is 2.31. The highest BCUT2D eigenvalue weighted by Gasteiger charge is 2.13. The summed E-state index contributed by atoms with van der Waals surface area (Å²) >= 11 is 3.57. The summed E-state index contributed by atoms with van der Waals surface area (Å²) in [4.78, 5) is 0. The molecule has 1 fully saturated rings. The number of hydrogen-bond acceptors (Lipinski definition) is 2. The highest BCUT2D eigenvalue weighted by Crippen LogP contribution is 2.24. The van der Waals surface area contributed by atoms with E-state index < -0.39 is 0 Å². The minimum atomic E-state index is 0.567.